The molecule has 0 aliphatic heterocycles. The van der Waals surface area contributed by atoms with Crippen LogP contribution >= 0.6 is 0 Å². The number of carbonyl (C=O) groups is 2. The lowest BCUT2D eigenvalue weighted by Crippen LogP contribution is -2.03. The molecule has 0 fully saturated rings. The lowest BCUT2D eigenvalue weighted by molar-refractivity contribution is 0.0688. The van der Waals surface area contributed by atoms with E-state index in [0.29, 0.717) is 33.2 Å². The zero-order chi connectivity index (χ0) is 24.0. The maximum absolute atomic E-state index is 12.1. The van der Waals surface area contributed by atoms with E-state index in [1.54, 1.807) is 12.1 Å². The van der Waals surface area contributed by atoms with Crippen molar-refractivity contribution < 1.29 is 19.8 Å². The number of hydrogen-bond acceptors (Lipinski definition) is 4. The smallest absolute Gasteiger partial charge is 0.336 e. The fourth-order valence-electron chi connectivity index (χ4n) is 4.04. The first-order valence-corrected chi connectivity index (χ1v) is 10.7. The van der Waals surface area contributed by atoms with Gasteiger partial charge in [0.05, 0.1) is 33.5 Å². The summed E-state index contributed by atoms with van der Waals surface area (Å²) in [6.07, 6.45) is 0. The van der Waals surface area contributed by atoms with Crippen molar-refractivity contribution in [3.8, 4) is 22.5 Å². The molecule has 0 saturated carbocycles. The highest BCUT2D eigenvalue weighted by Crippen LogP contribution is 2.32. The van der Waals surface area contributed by atoms with Crippen molar-refractivity contribution in [2.75, 3.05) is 0 Å². The van der Waals surface area contributed by atoms with Crippen molar-refractivity contribution in [1.82, 2.24) is 9.97 Å². The van der Waals surface area contributed by atoms with Crippen LogP contribution < -0.4 is 0 Å². The van der Waals surface area contributed by atoms with Gasteiger partial charge in [0.2, 0.25) is 0 Å². The molecule has 0 aliphatic rings. The molecule has 3 aromatic carbocycles. The van der Waals surface area contributed by atoms with Crippen molar-refractivity contribution in [2.45, 2.75) is 13.8 Å². The number of carboxylic acids is 2. The Morgan fingerprint density at radius 2 is 0.971 bits per heavy atom. The molecule has 0 aliphatic carbocycles. The van der Waals surface area contributed by atoms with Gasteiger partial charge in [-0.15, -0.1) is 0 Å². The van der Waals surface area contributed by atoms with Crippen LogP contribution in [0.15, 0.2) is 72.8 Å². The van der Waals surface area contributed by atoms with E-state index in [2.05, 4.69) is 0 Å². The van der Waals surface area contributed by atoms with Crippen LogP contribution in [0.5, 0.6) is 0 Å². The number of fused-ring (bicyclic) bond motifs is 2. The van der Waals surface area contributed by atoms with Gasteiger partial charge < -0.3 is 10.2 Å². The number of hydrogen-bond donors (Lipinski definition) is 2. The van der Waals surface area contributed by atoms with E-state index in [1.807, 2.05) is 62.4 Å². The molecular weight excluding hydrogens is 428 g/mol. The Bertz CT molecular complexity index is 1490. The Morgan fingerprint density at radius 1 is 0.588 bits per heavy atom. The quantitative estimate of drug-likeness (QED) is 0.321. The number of aromatic nitrogens is 2. The third-order valence-corrected chi connectivity index (χ3v) is 5.89. The molecule has 34 heavy (non-hydrogen) atoms. The molecule has 2 heterocycles. The summed E-state index contributed by atoms with van der Waals surface area (Å²) in [4.78, 5) is 33.6. The fraction of sp³-hybridized carbons (Fsp3) is 0.0714. The largest absolute Gasteiger partial charge is 0.478 e. The van der Waals surface area contributed by atoms with E-state index in [1.165, 1.54) is 12.1 Å². The van der Waals surface area contributed by atoms with Crippen LogP contribution in [0.2, 0.25) is 0 Å². The zero-order valence-electron chi connectivity index (χ0n) is 18.5. The van der Waals surface area contributed by atoms with Crippen LogP contribution in [0.3, 0.4) is 0 Å². The SMILES string of the molecule is Cc1ccc(-c2cc(C(=O)O)c3cc4c(C(=O)O)cc(-c5ccc(C)cc5)nc4cc3n2)cc1. The number of pyridine rings is 2. The van der Waals surface area contributed by atoms with Gasteiger partial charge in [0.1, 0.15) is 0 Å². The van der Waals surface area contributed by atoms with E-state index in [-0.39, 0.29) is 11.1 Å². The second kappa shape index (κ2) is 8.08. The topological polar surface area (TPSA) is 100 Å². The lowest BCUT2D eigenvalue weighted by Gasteiger charge is -2.12. The molecule has 2 N–H and O–H groups in total. The molecule has 0 unspecified atom stereocenters. The van der Waals surface area contributed by atoms with Gasteiger partial charge in [-0.1, -0.05) is 59.7 Å². The first kappa shape index (κ1) is 21.3. The first-order valence-electron chi connectivity index (χ1n) is 10.7. The van der Waals surface area contributed by atoms with Crippen LogP contribution in [-0.2, 0) is 0 Å². The zero-order valence-corrected chi connectivity index (χ0v) is 18.5. The Balaban J connectivity index is 1.81. The summed E-state index contributed by atoms with van der Waals surface area (Å²) < 4.78 is 0. The number of carboxylic acid groups (broad SMARTS) is 2. The van der Waals surface area contributed by atoms with Crippen LogP contribution in [0, 0.1) is 13.8 Å². The van der Waals surface area contributed by atoms with E-state index < -0.39 is 11.9 Å². The third kappa shape index (κ3) is 3.75. The summed E-state index contributed by atoms with van der Waals surface area (Å²) >= 11 is 0. The summed E-state index contributed by atoms with van der Waals surface area (Å²) in [5.74, 6) is -2.22. The van der Waals surface area contributed by atoms with Crippen molar-refractivity contribution in [1.29, 1.82) is 0 Å². The highest BCUT2D eigenvalue weighted by atomic mass is 16.4. The summed E-state index contributed by atoms with van der Waals surface area (Å²) in [6, 6.07) is 21.6. The second-order valence-electron chi connectivity index (χ2n) is 8.34. The molecule has 5 rings (SSSR count). The number of aryl methyl sites for hydroxylation is 2. The molecule has 0 atom stereocenters. The monoisotopic (exact) mass is 448 g/mol. The average Bonchev–Trinajstić information content (AvgIpc) is 2.82. The summed E-state index contributed by atoms with van der Waals surface area (Å²) in [5, 5.41) is 20.5. The minimum Gasteiger partial charge on any atom is -0.478 e. The maximum Gasteiger partial charge on any atom is 0.336 e. The molecule has 166 valence electrons. The Morgan fingerprint density at radius 3 is 1.32 bits per heavy atom. The van der Waals surface area contributed by atoms with Crippen molar-refractivity contribution in [3.05, 3.63) is 95.1 Å². The van der Waals surface area contributed by atoms with Crippen molar-refractivity contribution >= 4 is 33.7 Å². The van der Waals surface area contributed by atoms with Crippen LogP contribution in [0.4, 0.5) is 0 Å². The third-order valence-electron chi connectivity index (χ3n) is 5.89. The Hall–Kier alpha value is -4.58. The summed E-state index contributed by atoms with van der Waals surface area (Å²) in [5.41, 5.74) is 5.80. The number of rotatable bonds is 4. The van der Waals surface area contributed by atoms with E-state index in [9.17, 15) is 19.8 Å². The van der Waals surface area contributed by atoms with E-state index in [0.717, 1.165) is 22.3 Å². The van der Waals surface area contributed by atoms with Gasteiger partial charge in [0.15, 0.2) is 0 Å². The minimum atomic E-state index is -1.11. The van der Waals surface area contributed by atoms with Crippen LogP contribution in [-0.4, -0.2) is 32.1 Å². The number of nitrogens with zero attached hydrogens (tertiary/aromatic N) is 2. The highest BCUT2D eigenvalue weighted by molar-refractivity contribution is 6.12. The van der Waals surface area contributed by atoms with E-state index in [4.69, 9.17) is 9.97 Å². The minimum absolute atomic E-state index is 0.0569. The fourth-order valence-corrected chi connectivity index (χ4v) is 4.04. The summed E-state index contributed by atoms with van der Waals surface area (Å²) in [6.45, 7) is 3.95. The van der Waals surface area contributed by atoms with Crippen LogP contribution in [0.1, 0.15) is 31.8 Å². The molecule has 0 amide bonds. The van der Waals surface area contributed by atoms with Gasteiger partial charge in [0, 0.05) is 21.9 Å². The van der Waals surface area contributed by atoms with Gasteiger partial charge in [-0.2, -0.15) is 0 Å². The molecule has 0 spiro atoms. The van der Waals surface area contributed by atoms with Gasteiger partial charge >= 0.3 is 11.9 Å². The molecule has 0 radical (unpaired) electrons. The van der Waals surface area contributed by atoms with Crippen molar-refractivity contribution in [3.63, 3.8) is 0 Å². The molecule has 6 heteroatoms. The molecule has 6 nitrogen and oxygen atoms in total. The van der Waals surface area contributed by atoms with Crippen molar-refractivity contribution in [2.24, 2.45) is 0 Å². The average molecular weight is 448 g/mol. The first-order chi connectivity index (χ1) is 16.3. The molecule has 0 bridgehead atoms. The van der Waals surface area contributed by atoms with Gasteiger partial charge in [-0.05, 0) is 38.1 Å². The van der Waals surface area contributed by atoms with Gasteiger partial charge in [-0.25, -0.2) is 19.6 Å². The molecule has 2 aromatic heterocycles. The van der Waals surface area contributed by atoms with E-state index >= 15 is 0 Å². The molecular formula is C28H20N2O4. The normalized spacial score (nSPS) is 11.1. The van der Waals surface area contributed by atoms with Crippen LogP contribution in [0.25, 0.3) is 44.3 Å². The predicted octanol–water partition coefficient (Wildman–Crippen LogP) is 6.13. The second-order valence-corrected chi connectivity index (χ2v) is 8.34. The number of aromatic carboxylic acids is 2. The standard InChI is InChI=1S/C28H20N2O4/c1-15-3-7-17(8-4-15)23-12-21(27(31)32)19-11-20-22(28(33)34)13-24(18-9-5-16(2)6-10-18)30-26(20)14-25(19)29-23/h3-14H,1-2H3,(H,31,32)(H,33,34). The van der Waals surface area contributed by atoms with Gasteiger partial charge in [-0.3, -0.25) is 0 Å². The summed E-state index contributed by atoms with van der Waals surface area (Å²) in [7, 11) is 0. The highest BCUT2D eigenvalue weighted by Gasteiger charge is 2.18. The molecule has 0 saturated heterocycles. The molecule has 5 aromatic rings. The lowest BCUT2D eigenvalue weighted by atomic mass is 9.98. The number of benzene rings is 3. The van der Waals surface area contributed by atoms with Gasteiger partial charge in [0.25, 0.3) is 0 Å². The maximum atomic E-state index is 12.1. The predicted molar refractivity (Wildman–Crippen MR) is 131 cm³/mol. The Kier molecular flexibility index (Phi) is 5.06. The Labute approximate surface area is 195 Å².